The van der Waals surface area contributed by atoms with Gasteiger partial charge in [-0.3, -0.25) is 0 Å². The van der Waals surface area contributed by atoms with Crippen molar-refractivity contribution < 1.29 is 9.53 Å². The highest BCUT2D eigenvalue weighted by Gasteiger charge is 2.16. The molecule has 0 atom stereocenters. The van der Waals surface area contributed by atoms with Gasteiger partial charge in [-0.1, -0.05) is 25.7 Å². The first kappa shape index (κ1) is 27.5. The predicted molar refractivity (Wildman–Crippen MR) is 151 cm³/mol. The minimum absolute atomic E-state index is 0.113. The zero-order chi connectivity index (χ0) is 27.2. The first-order chi connectivity index (χ1) is 17.5. The number of hydrogen-bond donors (Lipinski definition) is 2. The highest BCUT2D eigenvalue weighted by Crippen LogP contribution is 2.22. The minimum atomic E-state index is -0.706. The number of aliphatic imine (C=N–C) groups is 1. The second-order valence-corrected chi connectivity index (χ2v) is 9.91. The Kier molecular flexibility index (Phi) is 8.77. The Morgan fingerprint density at radius 2 is 1.78 bits per heavy atom. The average Bonchev–Trinajstić information content (AvgIpc) is 3.26. The molecule has 1 amide bonds. The quantitative estimate of drug-likeness (QED) is 0.257. The van der Waals surface area contributed by atoms with Crippen molar-refractivity contribution >= 4 is 17.6 Å². The lowest BCUT2D eigenvalue weighted by Crippen LogP contribution is -2.24. The summed E-state index contributed by atoms with van der Waals surface area (Å²) < 4.78 is 7.24. The van der Waals surface area contributed by atoms with Gasteiger partial charge in [0.2, 0.25) is 0 Å². The fourth-order valence-electron chi connectivity index (χ4n) is 3.76. The highest BCUT2D eigenvalue weighted by molar-refractivity contribution is 6.02. The molecule has 0 bridgehead atoms. The maximum atomic E-state index is 11.9. The van der Waals surface area contributed by atoms with Crippen molar-refractivity contribution in [3.63, 3.8) is 0 Å². The van der Waals surface area contributed by atoms with Crippen LogP contribution in [-0.2, 0) is 17.6 Å². The van der Waals surface area contributed by atoms with Crippen molar-refractivity contribution in [3.8, 4) is 17.5 Å². The summed E-state index contributed by atoms with van der Waals surface area (Å²) >= 11 is 0. The number of carbonyl (C=O) groups is 1. The van der Waals surface area contributed by atoms with Crippen molar-refractivity contribution in [1.82, 2.24) is 9.78 Å². The Bertz CT molecular complexity index is 1350. The van der Waals surface area contributed by atoms with Crippen molar-refractivity contribution in [2.75, 3.05) is 11.9 Å². The molecule has 0 aliphatic rings. The third-order valence-corrected chi connectivity index (χ3v) is 5.72. The van der Waals surface area contributed by atoms with Crippen LogP contribution in [0, 0.1) is 25.7 Å². The Hall–Kier alpha value is -4.05. The third-order valence-electron chi connectivity index (χ3n) is 5.72. The molecule has 0 fully saturated rings. The Morgan fingerprint density at radius 3 is 2.41 bits per heavy atom. The molecule has 0 radical (unpaired) electrons. The number of amides is 1. The first-order valence-electron chi connectivity index (χ1n) is 12.6. The zero-order valence-electron chi connectivity index (χ0n) is 22.9. The molecule has 0 aliphatic heterocycles. The van der Waals surface area contributed by atoms with E-state index in [1.807, 2.05) is 12.1 Å². The molecule has 1 heterocycles. The lowest BCUT2D eigenvalue weighted by atomic mass is 10.0. The van der Waals surface area contributed by atoms with Crippen LogP contribution in [0.5, 0.6) is 0 Å². The number of aromatic nitrogens is 2. The fraction of sp³-hybridized carbons (Fsp3) is 0.367. The van der Waals surface area contributed by atoms with Crippen LogP contribution in [0.1, 0.15) is 68.3 Å². The SMILES string of the molecule is CCc1cc(CC)n(-c2cc(C)c(C#CCNc3ccc(/C(N)=N\C(=O)OC(C)(C)C)cc3)cc2C)n1. The number of nitrogens with zero attached hydrogens (tertiary/aromatic N) is 3. The molecule has 3 N–H and O–H groups in total. The summed E-state index contributed by atoms with van der Waals surface area (Å²) in [7, 11) is 0. The van der Waals surface area contributed by atoms with Gasteiger partial charge in [0.05, 0.1) is 17.9 Å². The summed E-state index contributed by atoms with van der Waals surface area (Å²) in [6, 6.07) is 13.8. The fourth-order valence-corrected chi connectivity index (χ4v) is 3.76. The molecule has 1 aromatic heterocycles. The van der Waals surface area contributed by atoms with E-state index in [9.17, 15) is 4.79 Å². The molecule has 3 rings (SSSR count). The second-order valence-electron chi connectivity index (χ2n) is 9.91. The summed E-state index contributed by atoms with van der Waals surface area (Å²) in [6.45, 7) is 14.3. The average molecular weight is 500 g/mol. The van der Waals surface area contributed by atoms with Gasteiger partial charge in [0, 0.05) is 22.5 Å². The molecule has 3 aromatic rings. The molecule has 0 saturated carbocycles. The topological polar surface area (TPSA) is 94.5 Å². The van der Waals surface area contributed by atoms with Crippen LogP contribution in [0.25, 0.3) is 5.69 Å². The molecular formula is C30H37N5O2. The summed E-state index contributed by atoms with van der Waals surface area (Å²) in [6.07, 6.45) is 1.15. The normalized spacial score (nSPS) is 11.6. The zero-order valence-corrected chi connectivity index (χ0v) is 22.9. The summed E-state index contributed by atoms with van der Waals surface area (Å²) in [5, 5.41) is 8.08. The van der Waals surface area contributed by atoms with Crippen LogP contribution < -0.4 is 11.1 Å². The van der Waals surface area contributed by atoms with Crippen molar-refractivity contribution in [3.05, 3.63) is 76.1 Å². The van der Waals surface area contributed by atoms with E-state index in [-0.39, 0.29) is 5.84 Å². The number of carbonyl (C=O) groups excluding carboxylic acids is 1. The molecule has 194 valence electrons. The maximum Gasteiger partial charge on any atom is 0.436 e. The van der Waals surface area contributed by atoms with Gasteiger partial charge in [0.1, 0.15) is 11.4 Å². The van der Waals surface area contributed by atoms with Crippen LogP contribution in [0.2, 0.25) is 0 Å². The number of nitrogens with one attached hydrogen (secondary N) is 1. The summed E-state index contributed by atoms with van der Waals surface area (Å²) in [5.74, 6) is 6.60. The largest absolute Gasteiger partial charge is 0.442 e. The monoisotopic (exact) mass is 499 g/mol. The number of rotatable bonds is 6. The molecule has 7 nitrogen and oxygen atoms in total. The van der Waals surface area contributed by atoms with Crippen LogP contribution in [0.4, 0.5) is 10.5 Å². The van der Waals surface area contributed by atoms with Gasteiger partial charge >= 0.3 is 6.09 Å². The Balaban J connectivity index is 1.65. The summed E-state index contributed by atoms with van der Waals surface area (Å²) in [4.78, 5) is 15.7. The number of hydrogen-bond acceptors (Lipinski definition) is 4. The Morgan fingerprint density at radius 1 is 1.08 bits per heavy atom. The van der Waals surface area contributed by atoms with E-state index in [1.54, 1.807) is 32.9 Å². The first-order valence-corrected chi connectivity index (χ1v) is 12.6. The minimum Gasteiger partial charge on any atom is -0.442 e. The van der Waals surface area contributed by atoms with E-state index in [0.29, 0.717) is 12.1 Å². The van der Waals surface area contributed by atoms with Gasteiger partial charge in [-0.25, -0.2) is 9.48 Å². The molecule has 7 heteroatoms. The van der Waals surface area contributed by atoms with E-state index in [0.717, 1.165) is 46.6 Å². The molecule has 2 aromatic carbocycles. The standard InChI is InChI=1S/C30H37N5O2/c1-8-24-19-26(9-2)35(34-24)27-18-20(3)23(17-21(27)4)11-10-16-32-25-14-12-22(13-15-25)28(31)33-29(36)37-30(5,6)7/h12-15,17-19,32H,8-9,16H2,1-7H3,(H2,31,33,36). The van der Waals surface area contributed by atoms with E-state index in [2.05, 4.69) is 72.7 Å². The lowest BCUT2D eigenvalue weighted by Gasteiger charge is -2.17. The molecule has 37 heavy (non-hydrogen) atoms. The predicted octanol–water partition coefficient (Wildman–Crippen LogP) is 5.72. The smallest absolute Gasteiger partial charge is 0.436 e. The Labute approximate surface area is 220 Å². The van der Waals surface area contributed by atoms with Crippen LogP contribution in [0.3, 0.4) is 0 Å². The number of amidine groups is 1. The maximum absolute atomic E-state index is 11.9. The highest BCUT2D eigenvalue weighted by atomic mass is 16.6. The van der Waals surface area contributed by atoms with Gasteiger partial charge in [0.25, 0.3) is 0 Å². The van der Waals surface area contributed by atoms with E-state index in [1.165, 1.54) is 5.69 Å². The number of aryl methyl sites for hydroxylation is 4. The van der Waals surface area contributed by atoms with Gasteiger partial charge in [-0.2, -0.15) is 10.1 Å². The number of nitrogens with two attached hydrogens (primary N) is 1. The molecule has 0 spiro atoms. The van der Waals surface area contributed by atoms with Crippen molar-refractivity contribution in [2.24, 2.45) is 10.7 Å². The molecule has 0 unspecified atom stereocenters. The molecular weight excluding hydrogens is 462 g/mol. The third kappa shape index (κ3) is 7.47. The van der Waals surface area contributed by atoms with E-state index < -0.39 is 11.7 Å². The van der Waals surface area contributed by atoms with Crippen LogP contribution >= 0.6 is 0 Å². The number of anilines is 1. The second kappa shape index (κ2) is 11.8. The van der Waals surface area contributed by atoms with Crippen molar-refractivity contribution in [1.29, 1.82) is 0 Å². The summed E-state index contributed by atoms with van der Waals surface area (Å²) in [5.41, 5.74) is 13.6. The lowest BCUT2D eigenvalue weighted by molar-refractivity contribution is 0.0604. The van der Waals surface area contributed by atoms with Gasteiger partial charge in [-0.15, -0.1) is 0 Å². The molecule has 0 aliphatic carbocycles. The van der Waals surface area contributed by atoms with E-state index in [4.69, 9.17) is 15.6 Å². The van der Waals surface area contributed by atoms with Crippen LogP contribution in [0.15, 0.2) is 47.5 Å². The van der Waals surface area contributed by atoms with Crippen LogP contribution in [-0.4, -0.2) is 33.9 Å². The van der Waals surface area contributed by atoms with E-state index >= 15 is 0 Å². The number of ether oxygens (including phenoxy) is 1. The van der Waals surface area contributed by atoms with Gasteiger partial charge in [0.15, 0.2) is 0 Å². The van der Waals surface area contributed by atoms with Gasteiger partial charge in [-0.05, 0) is 101 Å². The van der Waals surface area contributed by atoms with Gasteiger partial charge < -0.3 is 15.8 Å². The number of benzene rings is 2. The molecule has 0 saturated heterocycles. The van der Waals surface area contributed by atoms with Crippen molar-refractivity contribution in [2.45, 2.75) is 66.9 Å².